The maximum absolute atomic E-state index is 13.0. The van der Waals surface area contributed by atoms with Gasteiger partial charge in [-0.05, 0) is 18.4 Å². The first-order valence-corrected chi connectivity index (χ1v) is 7.92. The monoisotopic (exact) mass is 304 g/mol. The first-order valence-electron chi connectivity index (χ1n) is 7.92. The van der Waals surface area contributed by atoms with Gasteiger partial charge in [0.2, 0.25) is 0 Å². The Hall–Kier alpha value is -2.69. The van der Waals surface area contributed by atoms with Crippen LogP contribution in [0, 0.1) is 5.92 Å². The third-order valence-corrected chi connectivity index (χ3v) is 5.10. The van der Waals surface area contributed by atoms with Crippen molar-refractivity contribution in [3.63, 3.8) is 0 Å². The average molecular weight is 304 g/mol. The lowest BCUT2D eigenvalue weighted by molar-refractivity contribution is 0.0865. The SMILES string of the molecule is Cn1cc2c(n1)C(=O)C(C1c3ccccc3-c3cncn31)CC2. The van der Waals surface area contributed by atoms with E-state index in [0.29, 0.717) is 5.69 Å². The van der Waals surface area contributed by atoms with Gasteiger partial charge in [-0.15, -0.1) is 0 Å². The molecule has 0 spiro atoms. The van der Waals surface area contributed by atoms with E-state index in [-0.39, 0.29) is 17.7 Å². The molecule has 5 rings (SSSR count). The number of hydrogen-bond acceptors (Lipinski definition) is 3. The molecule has 3 aromatic rings. The van der Waals surface area contributed by atoms with Crippen LogP contribution in [-0.4, -0.2) is 25.1 Å². The minimum Gasteiger partial charge on any atom is -0.322 e. The molecule has 0 bridgehead atoms. The molecule has 5 nitrogen and oxygen atoms in total. The van der Waals surface area contributed by atoms with Gasteiger partial charge in [-0.25, -0.2) is 4.98 Å². The molecule has 0 N–H and O–H groups in total. The highest BCUT2D eigenvalue weighted by Crippen LogP contribution is 2.46. The maximum Gasteiger partial charge on any atom is 0.188 e. The number of carbonyl (C=O) groups is 1. The van der Waals surface area contributed by atoms with E-state index in [1.807, 2.05) is 37.9 Å². The summed E-state index contributed by atoms with van der Waals surface area (Å²) in [5, 5.41) is 4.40. The number of nitrogens with zero attached hydrogens (tertiary/aromatic N) is 4. The van der Waals surface area contributed by atoms with Crippen molar-refractivity contribution in [1.82, 2.24) is 19.3 Å². The minimum atomic E-state index is -0.0750. The Labute approximate surface area is 133 Å². The molecule has 1 aliphatic heterocycles. The highest BCUT2D eigenvalue weighted by Gasteiger charge is 2.41. The third-order valence-electron chi connectivity index (χ3n) is 5.10. The zero-order valence-corrected chi connectivity index (χ0v) is 12.8. The largest absolute Gasteiger partial charge is 0.322 e. The zero-order valence-electron chi connectivity index (χ0n) is 12.8. The first kappa shape index (κ1) is 12.8. The topological polar surface area (TPSA) is 52.7 Å². The van der Waals surface area contributed by atoms with Crippen molar-refractivity contribution in [3.05, 3.63) is 59.8 Å². The Morgan fingerprint density at radius 2 is 2.13 bits per heavy atom. The molecule has 0 fully saturated rings. The highest BCUT2D eigenvalue weighted by molar-refractivity contribution is 5.99. The fraction of sp³-hybridized carbons (Fsp3) is 0.278. The van der Waals surface area contributed by atoms with Gasteiger partial charge in [-0.2, -0.15) is 5.10 Å². The Morgan fingerprint density at radius 3 is 3.04 bits per heavy atom. The number of rotatable bonds is 1. The lowest BCUT2D eigenvalue weighted by Crippen LogP contribution is -2.30. The summed E-state index contributed by atoms with van der Waals surface area (Å²) in [7, 11) is 1.87. The van der Waals surface area contributed by atoms with Crippen LogP contribution in [0.1, 0.15) is 34.1 Å². The normalized spacial score (nSPS) is 21.9. The Balaban J connectivity index is 1.65. The van der Waals surface area contributed by atoms with Crippen LogP contribution in [0.3, 0.4) is 0 Å². The molecular weight excluding hydrogens is 288 g/mol. The van der Waals surface area contributed by atoms with Gasteiger partial charge in [0.25, 0.3) is 0 Å². The molecule has 2 atom stereocenters. The number of imidazole rings is 1. The molecule has 1 aliphatic carbocycles. The standard InChI is InChI=1S/C18H16N4O/c1-21-9-11-6-7-14(18(23)16(11)20-21)17-13-5-3-2-4-12(13)15-8-19-10-22(15)17/h2-5,8-10,14,17H,6-7H2,1H3. The summed E-state index contributed by atoms with van der Waals surface area (Å²) in [4.78, 5) is 17.3. The van der Waals surface area contributed by atoms with Crippen molar-refractivity contribution in [1.29, 1.82) is 0 Å². The summed E-state index contributed by atoms with van der Waals surface area (Å²) >= 11 is 0. The van der Waals surface area contributed by atoms with Crippen LogP contribution in [0.4, 0.5) is 0 Å². The van der Waals surface area contributed by atoms with Gasteiger partial charge in [-0.3, -0.25) is 9.48 Å². The predicted molar refractivity (Wildman–Crippen MR) is 85.2 cm³/mol. The van der Waals surface area contributed by atoms with Crippen molar-refractivity contribution in [2.45, 2.75) is 18.9 Å². The number of carbonyl (C=O) groups excluding carboxylic acids is 1. The van der Waals surface area contributed by atoms with Crippen LogP contribution in [0.25, 0.3) is 11.3 Å². The Morgan fingerprint density at radius 1 is 1.26 bits per heavy atom. The van der Waals surface area contributed by atoms with Crippen LogP contribution < -0.4 is 0 Å². The predicted octanol–water partition coefficient (Wildman–Crippen LogP) is 2.63. The van der Waals surface area contributed by atoms with Crippen molar-refractivity contribution in [3.8, 4) is 11.3 Å². The van der Waals surface area contributed by atoms with Crippen LogP contribution in [0.15, 0.2) is 43.0 Å². The second-order valence-corrected chi connectivity index (χ2v) is 6.40. The lowest BCUT2D eigenvalue weighted by atomic mass is 9.79. The fourth-order valence-corrected chi connectivity index (χ4v) is 4.13. The third kappa shape index (κ3) is 1.64. The number of fused-ring (bicyclic) bond motifs is 4. The number of aromatic nitrogens is 4. The summed E-state index contributed by atoms with van der Waals surface area (Å²) < 4.78 is 3.90. The molecule has 2 aromatic heterocycles. The second-order valence-electron chi connectivity index (χ2n) is 6.40. The van der Waals surface area contributed by atoms with Gasteiger partial charge in [0.15, 0.2) is 5.78 Å². The average Bonchev–Trinajstić information content (AvgIpc) is 3.22. The number of aryl methyl sites for hydroxylation is 2. The van der Waals surface area contributed by atoms with Crippen LogP contribution in [-0.2, 0) is 13.5 Å². The van der Waals surface area contributed by atoms with Gasteiger partial charge < -0.3 is 4.57 Å². The van der Waals surface area contributed by atoms with E-state index in [4.69, 9.17) is 0 Å². The Bertz CT molecular complexity index is 936. The van der Waals surface area contributed by atoms with Gasteiger partial charge in [-0.1, -0.05) is 24.3 Å². The van der Waals surface area contributed by atoms with E-state index in [0.717, 1.165) is 24.1 Å². The molecule has 2 unspecified atom stereocenters. The van der Waals surface area contributed by atoms with E-state index < -0.39 is 0 Å². The number of Topliss-reactive ketones (excluding diaryl/α,β-unsaturated/α-hetero) is 1. The maximum atomic E-state index is 13.0. The van der Waals surface area contributed by atoms with Crippen LogP contribution >= 0.6 is 0 Å². The smallest absolute Gasteiger partial charge is 0.188 e. The van der Waals surface area contributed by atoms with Crippen molar-refractivity contribution in [2.75, 3.05) is 0 Å². The molecule has 114 valence electrons. The molecule has 0 amide bonds. The molecule has 0 radical (unpaired) electrons. The number of benzene rings is 1. The molecule has 23 heavy (non-hydrogen) atoms. The number of ketones is 1. The molecule has 1 aromatic carbocycles. The quantitative estimate of drug-likeness (QED) is 0.694. The lowest BCUT2D eigenvalue weighted by Gasteiger charge is -2.27. The molecule has 0 saturated heterocycles. The van der Waals surface area contributed by atoms with Crippen molar-refractivity contribution in [2.24, 2.45) is 13.0 Å². The molecular formula is C18H16N4O. The molecule has 5 heteroatoms. The summed E-state index contributed by atoms with van der Waals surface area (Å²) in [6.07, 6.45) is 7.46. The second kappa shape index (κ2) is 4.41. The molecule has 0 saturated carbocycles. The summed E-state index contributed by atoms with van der Waals surface area (Å²) in [5.41, 5.74) is 5.24. The van der Waals surface area contributed by atoms with E-state index in [1.54, 1.807) is 4.68 Å². The summed E-state index contributed by atoms with van der Waals surface area (Å²) in [5.74, 6) is 0.0854. The molecule has 2 aliphatic rings. The Kier molecular flexibility index (Phi) is 2.46. The minimum absolute atomic E-state index is 0.0337. The molecule has 3 heterocycles. The van der Waals surface area contributed by atoms with E-state index >= 15 is 0 Å². The van der Waals surface area contributed by atoms with Gasteiger partial charge >= 0.3 is 0 Å². The van der Waals surface area contributed by atoms with E-state index in [1.165, 1.54) is 11.1 Å². The first-order chi connectivity index (χ1) is 11.2. The van der Waals surface area contributed by atoms with Crippen LogP contribution in [0.5, 0.6) is 0 Å². The van der Waals surface area contributed by atoms with Gasteiger partial charge in [0, 0.05) is 30.3 Å². The van der Waals surface area contributed by atoms with Gasteiger partial charge in [0.05, 0.1) is 24.3 Å². The number of hydrogen-bond donors (Lipinski definition) is 0. The van der Waals surface area contributed by atoms with E-state index in [2.05, 4.69) is 26.8 Å². The zero-order chi connectivity index (χ0) is 15.6. The highest BCUT2D eigenvalue weighted by atomic mass is 16.1. The van der Waals surface area contributed by atoms with Gasteiger partial charge in [0.1, 0.15) is 5.69 Å². The summed E-state index contributed by atoms with van der Waals surface area (Å²) in [6, 6.07) is 8.37. The van der Waals surface area contributed by atoms with Crippen LogP contribution in [0.2, 0.25) is 0 Å². The van der Waals surface area contributed by atoms with E-state index in [9.17, 15) is 4.79 Å². The van der Waals surface area contributed by atoms with Crippen molar-refractivity contribution < 1.29 is 4.79 Å². The summed E-state index contributed by atoms with van der Waals surface area (Å²) in [6.45, 7) is 0. The van der Waals surface area contributed by atoms with Crippen molar-refractivity contribution >= 4 is 5.78 Å². The fourth-order valence-electron chi connectivity index (χ4n) is 4.13.